The van der Waals surface area contributed by atoms with Gasteiger partial charge in [-0.05, 0) is 75.1 Å². The summed E-state index contributed by atoms with van der Waals surface area (Å²) in [6, 6.07) is 9.81. The standard InChI is InChI=1S/C23H31NO3/c1-7-8-17(4)24-23(25)19-9-10-21(26-6)20(13-19)14-27-22-12-15(2)11-16(3)18(22)5/h9-13,17H,7-8,14H2,1-6H3,(H,24,25)/t17-/m0/s1. The third-order valence-electron chi connectivity index (χ3n) is 4.79. The molecular formula is C23H31NO3. The summed E-state index contributed by atoms with van der Waals surface area (Å²) in [5, 5.41) is 3.04. The molecule has 0 saturated heterocycles. The Morgan fingerprint density at radius 2 is 1.85 bits per heavy atom. The van der Waals surface area contributed by atoms with Crippen LogP contribution in [0.25, 0.3) is 0 Å². The molecule has 2 aromatic rings. The van der Waals surface area contributed by atoms with Crippen LogP contribution in [0.3, 0.4) is 0 Å². The van der Waals surface area contributed by atoms with Gasteiger partial charge in [0.2, 0.25) is 0 Å². The van der Waals surface area contributed by atoms with E-state index in [9.17, 15) is 4.79 Å². The molecule has 4 heteroatoms. The van der Waals surface area contributed by atoms with Gasteiger partial charge in [0.05, 0.1) is 7.11 Å². The number of aryl methyl sites for hydroxylation is 2. The van der Waals surface area contributed by atoms with Crippen LogP contribution in [0.2, 0.25) is 0 Å². The van der Waals surface area contributed by atoms with Gasteiger partial charge in [0.25, 0.3) is 5.91 Å². The van der Waals surface area contributed by atoms with Gasteiger partial charge < -0.3 is 14.8 Å². The van der Waals surface area contributed by atoms with Gasteiger partial charge in [0.15, 0.2) is 0 Å². The van der Waals surface area contributed by atoms with Crippen molar-refractivity contribution in [3.05, 3.63) is 58.1 Å². The van der Waals surface area contributed by atoms with Crippen LogP contribution in [0, 0.1) is 20.8 Å². The minimum absolute atomic E-state index is 0.0672. The molecule has 0 heterocycles. The molecule has 0 aliphatic rings. The topological polar surface area (TPSA) is 47.6 Å². The second kappa shape index (κ2) is 9.45. The number of methoxy groups -OCH3 is 1. The Bertz CT molecular complexity index is 798. The van der Waals surface area contributed by atoms with Crippen LogP contribution in [-0.2, 0) is 6.61 Å². The van der Waals surface area contributed by atoms with Gasteiger partial charge in [-0.25, -0.2) is 0 Å². The molecule has 2 rings (SSSR count). The summed E-state index contributed by atoms with van der Waals surface area (Å²) in [5.74, 6) is 1.51. The van der Waals surface area contributed by atoms with Crippen molar-refractivity contribution >= 4 is 5.91 Å². The maximum absolute atomic E-state index is 12.5. The number of hydrogen-bond acceptors (Lipinski definition) is 3. The highest BCUT2D eigenvalue weighted by Crippen LogP contribution is 2.27. The number of benzene rings is 2. The Hall–Kier alpha value is -2.49. The highest BCUT2D eigenvalue weighted by Gasteiger charge is 2.13. The Labute approximate surface area is 162 Å². The second-order valence-electron chi connectivity index (χ2n) is 7.18. The molecule has 0 aliphatic carbocycles. The lowest BCUT2D eigenvalue weighted by atomic mass is 10.1. The predicted molar refractivity (Wildman–Crippen MR) is 110 cm³/mol. The number of carbonyl (C=O) groups excluding carboxylic acids is 1. The Kier molecular flexibility index (Phi) is 7.28. The normalized spacial score (nSPS) is 11.8. The third-order valence-corrected chi connectivity index (χ3v) is 4.79. The van der Waals surface area contributed by atoms with Crippen LogP contribution in [-0.4, -0.2) is 19.1 Å². The van der Waals surface area contributed by atoms with Gasteiger partial charge in [-0.15, -0.1) is 0 Å². The molecular weight excluding hydrogens is 338 g/mol. The van der Waals surface area contributed by atoms with Gasteiger partial charge in [-0.2, -0.15) is 0 Å². The molecule has 0 spiro atoms. The molecule has 2 aromatic carbocycles. The van der Waals surface area contributed by atoms with E-state index in [-0.39, 0.29) is 11.9 Å². The second-order valence-corrected chi connectivity index (χ2v) is 7.18. The number of amides is 1. The summed E-state index contributed by atoms with van der Waals surface area (Å²) < 4.78 is 11.5. The van der Waals surface area contributed by atoms with Crippen molar-refractivity contribution in [3.63, 3.8) is 0 Å². The van der Waals surface area contributed by atoms with E-state index in [0.717, 1.165) is 41.0 Å². The number of nitrogens with one attached hydrogen (secondary N) is 1. The average molecular weight is 370 g/mol. The first kappa shape index (κ1) is 20.8. The summed E-state index contributed by atoms with van der Waals surface area (Å²) in [4.78, 5) is 12.5. The first-order valence-electron chi connectivity index (χ1n) is 9.54. The highest BCUT2D eigenvalue weighted by atomic mass is 16.5. The molecule has 0 radical (unpaired) electrons. The molecule has 1 amide bonds. The zero-order valence-electron chi connectivity index (χ0n) is 17.3. The number of rotatable bonds is 8. The van der Waals surface area contributed by atoms with E-state index in [0.29, 0.717) is 12.2 Å². The van der Waals surface area contributed by atoms with Gasteiger partial charge in [-0.3, -0.25) is 4.79 Å². The third kappa shape index (κ3) is 5.49. The summed E-state index contributed by atoms with van der Waals surface area (Å²) in [6.45, 7) is 10.7. The minimum Gasteiger partial charge on any atom is -0.496 e. The van der Waals surface area contributed by atoms with Gasteiger partial charge >= 0.3 is 0 Å². The fraction of sp³-hybridized carbons (Fsp3) is 0.435. The van der Waals surface area contributed by atoms with Crippen molar-refractivity contribution in [2.75, 3.05) is 7.11 Å². The maximum Gasteiger partial charge on any atom is 0.251 e. The molecule has 0 unspecified atom stereocenters. The van der Waals surface area contributed by atoms with Gasteiger partial charge in [0.1, 0.15) is 18.1 Å². The number of hydrogen-bond donors (Lipinski definition) is 1. The van der Waals surface area contributed by atoms with Crippen LogP contribution in [0.1, 0.15) is 59.3 Å². The molecule has 0 fully saturated rings. The molecule has 0 aliphatic heterocycles. The Morgan fingerprint density at radius 3 is 2.52 bits per heavy atom. The van der Waals surface area contributed by atoms with Crippen LogP contribution in [0.5, 0.6) is 11.5 Å². The van der Waals surface area contributed by atoms with Crippen LogP contribution >= 0.6 is 0 Å². The fourth-order valence-corrected chi connectivity index (χ4v) is 3.15. The summed E-state index contributed by atoms with van der Waals surface area (Å²) in [6.07, 6.45) is 2.00. The molecule has 1 atom stereocenters. The molecule has 4 nitrogen and oxygen atoms in total. The Morgan fingerprint density at radius 1 is 1.11 bits per heavy atom. The number of carbonyl (C=O) groups is 1. The van der Waals surface area contributed by atoms with Gasteiger partial charge in [-0.1, -0.05) is 19.4 Å². The van der Waals surface area contributed by atoms with Crippen LogP contribution in [0.15, 0.2) is 30.3 Å². The Balaban J connectivity index is 2.19. The summed E-state index contributed by atoms with van der Waals surface area (Å²) in [7, 11) is 1.63. The average Bonchev–Trinajstić information content (AvgIpc) is 2.63. The van der Waals surface area contributed by atoms with Gasteiger partial charge in [0, 0.05) is 17.2 Å². The van der Waals surface area contributed by atoms with E-state index < -0.39 is 0 Å². The van der Waals surface area contributed by atoms with Crippen molar-refractivity contribution in [2.24, 2.45) is 0 Å². The largest absolute Gasteiger partial charge is 0.496 e. The lowest BCUT2D eigenvalue weighted by Crippen LogP contribution is -2.32. The van der Waals surface area contributed by atoms with E-state index in [1.807, 2.05) is 25.1 Å². The zero-order valence-corrected chi connectivity index (χ0v) is 17.3. The lowest BCUT2D eigenvalue weighted by Gasteiger charge is -2.16. The van der Waals surface area contributed by atoms with E-state index in [4.69, 9.17) is 9.47 Å². The van der Waals surface area contributed by atoms with Crippen molar-refractivity contribution in [1.29, 1.82) is 0 Å². The van der Waals surface area contributed by atoms with Crippen molar-refractivity contribution in [1.82, 2.24) is 5.32 Å². The van der Waals surface area contributed by atoms with Crippen molar-refractivity contribution < 1.29 is 14.3 Å². The SMILES string of the molecule is CCC[C@H](C)NC(=O)c1ccc(OC)c(COc2cc(C)cc(C)c2C)c1. The first-order chi connectivity index (χ1) is 12.8. The molecule has 0 bridgehead atoms. The smallest absolute Gasteiger partial charge is 0.251 e. The monoisotopic (exact) mass is 369 g/mol. The minimum atomic E-state index is -0.0672. The van der Waals surface area contributed by atoms with E-state index >= 15 is 0 Å². The van der Waals surface area contributed by atoms with E-state index in [2.05, 4.69) is 39.1 Å². The van der Waals surface area contributed by atoms with E-state index in [1.165, 1.54) is 5.56 Å². The molecule has 1 N–H and O–H groups in total. The quantitative estimate of drug-likeness (QED) is 0.703. The lowest BCUT2D eigenvalue weighted by molar-refractivity contribution is 0.0938. The molecule has 27 heavy (non-hydrogen) atoms. The summed E-state index contributed by atoms with van der Waals surface area (Å²) in [5.41, 5.74) is 4.97. The zero-order chi connectivity index (χ0) is 20.0. The fourth-order valence-electron chi connectivity index (χ4n) is 3.15. The maximum atomic E-state index is 12.5. The highest BCUT2D eigenvalue weighted by molar-refractivity contribution is 5.94. The van der Waals surface area contributed by atoms with Crippen molar-refractivity contribution in [2.45, 2.75) is 60.1 Å². The van der Waals surface area contributed by atoms with Crippen LogP contribution < -0.4 is 14.8 Å². The van der Waals surface area contributed by atoms with Crippen LogP contribution in [0.4, 0.5) is 0 Å². The summed E-state index contributed by atoms with van der Waals surface area (Å²) >= 11 is 0. The first-order valence-corrected chi connectivity index (χ1v) is 9.54. The van der Waals surface area contributed by atoms with Crippen molar-refractivity contribution in [3.8, 4) is 11.5 Å². The predicted octanol–water partition coefficient (Wildman–Crippen LogP) is 5.12. The molecule has 0 saturated carbocycles. The molecule has 146 valence electrons. The number of ether oxygens (including phenoxy) is 2. The van der Waals surface area contributed by atoms with E-state index in [1.54, 1.807) is 13.2 Å². The molecule has 0 aromatic heterocycles.